The maximum atomic E-state index is 4.13. The van der Waals surface area contributed by atoms with Gasteiger partial charge in [0.2, 0.25) is 0 Å². The number of benzene rings is 1. The highest BCUT2D eigenvalue weighted by atomic mass is 79.9. The zero-order valence-electron chi connectivity index (χ0n) is 5.62. The van der Waals surface area contributed by atoms with Gasteiger partial charge in [-0.3, -0.25) is 0 Å². The van der Waals surface area contributed by atoms with Crippen molar-refractivity contribution in [3.8, 4) is 0 Å². The smallest absolute Gasteiger partial charge is 0.120 e. The lowest BCUT2D eigenvalue weighted by atomic mass is 10.3. The highest BCUT2D eigenvalue weighted by Gasteiger charge is 2.05. The lowest BCUT2D eigenvalue weighted by Gasteiger charge is -1.92. The second-order valence-electron chi connectivity index (χ2n) is 1.99. The van der Waals surface area contributed by atoms with E-state index in [0.29, 0.717) is 0 Å². The van der Waals surface area contributed by atoms with E-state index in [-0.39, 0.29) is 17.0 Å². The van der Waals surface area contributed by atoms with E-state index in [4.69, 9.17) is 0 Å². The van der Waals surface area contributed by atoms with Crippen molar-refractivity contribution < 1.29 is 0 Å². The third-order valence-electron chi connectivity index (χ3n) is 1.32. The molecule has 2 rings (SSSR count). The molecule has 2 aromatic rings. The van der Waals surface area contributed by atoms with Crippen molar-refractivity contribution in [2.45, 2.75) is 0 Å². The number of hydrogen-bond acceptors (Lipinski definition) is 3. The van der Waals surface area contributed by atoms with Crippen molar-refractivity contribution in [1.29, 1.82) is 0 Å². The summed E-state index contributed by atoms with van der Waals surface area (Å²) in [5.74, 6) is 0. The predicted molar refractivity (Wildman–Crippen MR) is 63.1 cm³/mol. The Kier molecular flexibility index (Phi) is 3.63. The molecule has 0 bridgehead atoms. The molecule has 0 spiro atoms. The van der Waals surface area contributed by atoms with Gasteiger partial charge in [-0.2, -0.15) is 8.75 Å². The van der Waals surface area contributed by atoms with E-state index in [1.807, 2.05) is 12.1 Å². The molecule has 6 heteroatoms. The molecule has 64 valence electrons. The summed E-state index contributed by atoms with van der Waals surface area (Å²) in [5, 5.41) is 0. The van der Waals surface area contributed by atoms with Gasteiger partial charge in [-0.25, -0.2) is 0 Å². The van der Waals surface area contributed by atoms with Crippen LogP contribution in [0.1, 0.15) is 0 Å². The van der Waals surface area contributed by atoms with E-state index in [1.54, 1.807) is 0 Å². The average Bonchev–Trinajstić information content (AvgIpc) is 2.45. The number of hydrogen-bond donors (Lipinski definition) is 0. The van der Waals surface area contributed by atoms with E-state index in [2.05, 4.69) is 40.6 Å². The molecule has 1 aromatic carbocycles. The first-order valence-electron chi connectivity index (χ1n) is 2.85. The molecule has 0 saturated heterocycles. The topological polar surface area (TPSA) is 25.8 Å². The Balaban J connectivity index is 0.000000720. The minimum Gasteiger partial charge on any atom is -0.172 e. The number of nitrogens with zero attached hydrogens (tertiary/aromatic N) is 2. The molecule has 0 unspecified atom stereocenters. The van der Waals surface area contributed by atoms with Crippen LogP contribution in [-0.2, 0) is 0 Å². The van der Waals surface area contributed by atoms with Gasteiger partial charge in [0.1, 0.15) is 11.0 Å². The number of fused-ring (bicyclic) bond motifs is 1. The van der Waals surface area contributed by atoms with Crippen molar-refractivity contribution in [3.05, 3.63) is 21.1 Å². The summed E-state index contributed by atoms with van der Waals surface area (Å²) < 4.78 is 10.2. The normalized spacial score (nSPS) is 9.83. The first kappa shape index (κ1) is 10.6. The molecular formula is C6H3Br3N2S. The van der Waals surface area contributed by atoms with E-state index in [1.165, 1.54) is 11.7 Å². The second-order valence-corrected chi connectivity index (χ2v) is 4.23. The van der Waals surface area contributed by atoms with Crippen LogP contribution >= 0.6 is 60.6 Å². The molecule has 0 N–H and O–H groups in total. The molecule has 0 atom stereocenters. The first-order valence-corrected chi connectivity index (χ1v) is 5.17. The van der Waals surface area contributed by atoms with E-state index < -0.39 is 0 Å². The van der Waals surface area contributed by atoms with Crippen LogP contribution in [0.2, 0.25) is 0 Å². The summed E-state index contributed by atoms with van der Waals surface area (Å²) >= 11 is 8.01. The Labute approximate surface area is 101 Å². The summed E-state index contributed by atoms with van der Waals surface area (Å²) in [6, 6.07) is 3.90. The van der Waals surface area contributed by atoms with Crippen LogP contribution in [0.25, 0.3) is 11.0 Å². The van der Waals surface area contributed by atoms with Crippen LogP contribution in [0.5, 0.6) is 0 Å². The van der Waals surface area contributed by atoms with Crippen molar-refractivity contribution in [2.24, 2.45) is 0 Å². The summed E-state index contributed by atoms with van der Waals surface area (Å²) in [7, 11) is 0. The fourth-order valence-corrected chi connectivity index (χ4v) is 2.43. The van der Waals surface area contributed by atoms with E-state index in [9.17, 15) is 0 Å². The van der Waals surface area contributed by atoms with Gasteiger partial charge in [0.25, 0.3) is 0 Å². The van der Waals surface area contributed by atoms with E-state index in [0.717, 1.165) is 20.0 Å². The highest BCUT2D eigenvalue weighted by molar-refractivity contribution is 9.11. The lowest BCUT2D eigenvalue weighted by Crippen LogP contribution is -1.73. The molecule has 0 radical (unpaired) electrons. The van der Waals surface area contributed by atoms with Crippen LogP contribution in [0.4, 0.5) is 0 Å². The molecule has 0 amide bonds. The molecule has 1 aromatic heterocycles. The molecule has 0 saturated carbocycles. The molecule has 0 aliphatic heterocycles. The van der Waals surface area contributed by atoms with Gasteiger partial charge in [-0.05, 0) is 44.0 Å². The number of rotatable bonds is 0. The maximum absolute atomic E-state index is 4.13. The van der Waals surface area contributed by atoms with Gasteiger partial charge in [0, 0.05) is 8.95 Å². The van der Waals surface area contributed by atoms with Crippen LogP contribution in [0.15, 0.2) is 21.1 Å². The van der Waals surface area contributed by atoms with Gasteiger partial charge >= 0.3 is 0 Å². The van der Waals surface area contributed by atoms with Crippen molar-refractivity contribution in [3.63, 3.8) is 0 Å². The van der Waals surface area contributed by atoms with E-state index >= 15 is 0 Å². The standard InChI is InChI=1S/C6H2Br2N2S.BrH/c7-3-1-2-4(8)6-5(3)9-11-10-6;/h1-2H;1H. The molecule has 0 aliphatic carbocycles. The Bertz CT molecular complexity index is 365. The fraction of sp³-hybridized carbons (Fsp3) is 0. The summed E-state index contributed by atoms with van der Waals surface area (Å²) in [6.45, 7) is 0. The molecular weight excluding hydrogens is 372 g/mol. The molecule has 0 aliphatic rings. The Morgan fingerprint density at radius 3 is 1.83 bits per heavy atom. The number of halogens is 3. The minimum absolute atomic E-state index is 0. The predicted octanol–water partition coefficient (Wildman–Crippen LogP) is 3.79. The zero-order chi connectivity index (χ0) is 7.84. The summed E-state index contributed by atoms with van der Waals surface area (Å²) in [4.78, 5) is 0. The van der Waals surface area contributed by atoms with Crippen molar-refractivity contribution >= 4 is 71.6 Å². The quantitative estimate of drug-likeness (QED) is 0.701. The largest absolute Gasteiger partial charge is 0.172 e. The molecule has 2 nitrogen and oxygen atoms in total. The van der Waals surface area contributed by atoms with Gasteiger partial charge in [-0.1, -0.05) is 0 Å². The first-order chi connectivity index (χ1) is 5.29. The van der Waals surface area contributed by atoms with Crippen LogP contribution in [0.3, 0.4) is 0 Å². The Morgan fingerprint density at radius 2 is 1.42 bits per heavy atom. The van der Waals surface area contributed by atoms with Crippen molar-refractivity contribution in [1.82, 2.24) is 8.75 Å². The second kappa shape index (κ2) is 4.13. The average molecular weight is 375 g/mol. The monoisotopic (exact) mass is 372 g/mol. The maximum Gasteiger partial charge on any atom is 0.120 e. The van der Waals surface area contributed by atoms with Crippen LogP contribution < -0.4 is 0 Å². The number of aromatic nitrogens is 2. The minimum atomic E-state index is 0. The Morgan fingerprint density at radius 1 is 1.00 bits per heavy atom. The molecule has 0 fully saturated rings. The van der Waals surface area contributed by atoms with Gasteiger partial charge in [0.05, 0.1) is 11.7 Å². The summed E-state index contributed by atoms with van der Waals surface area (Å²) in [5.41, 5.74) is 1.84. The zero-order valence-corrected chi connectivity index (χ0v) is 11.3. The third-order valence-corrected chi connectivity index (χ3v) is 3.13. The van der Waals surface area contributed by atoms with Gasteiger partial charge in [-0.15, -0.1) is 17.0 Å². The summed E-state index contributed by atoms with van der Waals surface area (Å²) in [6.07, 6.45) is 0. The van der Waals surface area contributed by atoms with Gasteiger partial charge < -0.3 is 0 Å². The molecule has 1 heterocycles. The van der Waals surface area contributed by atoms with Crippen LogP contribution in [0, 0.1) is 0 Å². The molecule has 12 heavy (non-hydrogen) atoms. The Hall–Kier alpha value is 0.480. The lowest BCUT2D eigenvalue weighted by molar-refractivity contribution is 1.58. The highest BCUT2D eigenvalue weighted by Crippen LogP contribution is 2.28. The van der Waals surface area contributed by atoms with Gasteiger partial charge in [0.15, 0.2) is 0 Å². The third kappa shape index (κ3) is 1.71. The SMILES string of the molecule is Br.Brc1ccc(Br)c2nsnc12. The fourth-order valence-electron chi connectivity index (χ4n) is 0.806. The van der Waals surface area contributed by atoms with Crippen LogP contribution in [-0.4, -0.2) is 8.75 Å². The van der Waals surface area contributed by atoms with Crippen molar-refractivity contribution in [2.75, 3.05) is 0 Å².